The second kappa shape index (κ2) is 8.76. The molecule has 0 aliphatic heterocycles. The van der Waals surface area contributed by atoms with Crippen molar-refractivity contribution in [2.75, 3.05) is 11.1 Å². The van der Waals surface area contributed by atoms with Gasteiger partial charge in [-0.3, -0.25) is 0 Å². The molecule has 0 spiro atoms. The lowest BCUT2D eigenvalue weighted by Crippen LogP contribution is -2.07. The van der Waals surface area contributed by atoms with Crippen molar-refractivity contribution in [1.29, 1.82) is 0 Å². The summed E-state index contributed by atoms with van der Waals surface area (Å²) in [6.07, 6.45) is 2.32. The molecule has 0 aliphatic rings. The van der Waals surface area contributed by atoms with Crippen LogP contribution in [0.3, 0.4) is 0 Å². The summed E-state index contributed by atoms with van der Waals surface area (Å²) in [5, 5.41) is 1.86. The molecule has 2 aromatic carbocycles. The maximum atomic E-state index is 5.92. The fourth-order valence-corrected chi connectivity index (χ4v) is 3.76. The van der Waals surface area contributed by atoms with E-state index in [4.69, 9.17) is 11.6 Å². The van der Waals surface area contributed by atoms with E-state index in [9.17, 15) is 0 Å². The smallest absolute Gasteiger partial charge is 0.0406 e. The minimum absolute atomic E-state index is 0.674. The summed E-state index contributed by atoms with van der Waals surface area (Å²) in [5.74, 6) is 1.83. The van der Waals surface area contributed by atoms with Gasteiger partial charge in [-0.1, -0.05) is 57.9 Å². The Labute approximate surface area is 139 Å². The van der Waals surface area contributed by atoms with Crippen LogP contribution in [0.5, 0.6) is 0 Å². The van der Waals surface area contributed by atoms with E-state index in [1.54, 1.807) is 0 Å². The van der Waals surface area contributed by atoms with Crippen LogP contribution in [-0.2, 0) is 6.42 Å². The van der Waals surface area contributed by atoms with Crippen molar-refractivity contribution in [2.24, 2.45) is 5.92 Å². The maximum Gasteiger partial charge on any atom is 0.0406 e. The predicted molar refractivity (Wildman–Crippen MR) is 94.2 cm³/mol. The summed E-state index contributed by atoms with van der Waals surface area (Å²) >= 11 is 11.5. The highest BCUT2D eigenvalue weighted by molar-refractivity contribution is 9.09. The fourth-order valence-electron chi connectivity index (χ4n) is 2.05. The van der Waals surface area contributed by atoms with Crippen LogP contribution < -0.4 is 0 Å². The third-order valence-corrected chi connectivity index (χ3v) is 5.41. The van der Waals surface area contributed by atoms with Gasteiger partial charge in [-0.25, -0.2) is 0 Å². The van der Waals surface area contributed by atoms with Crippen molar-refractivity contribution in [2.45, 2.75) is 17.7 Å². The zero-order valence-corrected chi connectivity index (χ0v) is 14.4. The van der Waals surface area contributed by atoms with E-state index < -0.39 is 0 Å². The van der Waals surface area contributed by atoms with Gasteiger partial charge in [-0.05, 0) is 54.3 Å². The van der Waals surface area contributed by atoms with Crippen molar-refractivity contribution >= 4 is 39.3 Å². The molecule has 0 heterocycles. The lowest BCUT2D eigenvalue weighted by Gasteiger charge is -2.14. The van der Waals surface area contributed by atoms with Gasteiger partial charge in [0, 0.05) is 15.2 Å². The molecule has 0 fully saturated rings. The largest absolute Gasteiger partial charge is 0.126 e. The Bertz CT molecular complexity index is 498. The molecule has 20 heavy (non-hydrogen) atoms. The minimum Gasteiger partial charge on any atom is -0.126 e. The van der Waals surface area contributed by atoms with Crippen molar-refractivity contribution in [3.05, 3.63) is 65.2 Å². The highest BCUT2D eigenvalue weighted by Crippen LogP contribution is 2.23. The number of alkyl halides is 1. The van der Waals surface area contributed by atoms with E-state index >= 15 is 0 Å². The van der Waals surface area contributed by atoms with Crippen LogP contribution in [0.4, 0.5) is 0 Å². The molecule has 0 aromatic heterocycles. The van der Waals surface area contributed by atoms with Crippen molar-refractivity contribution in [3.8, 4) is 0 Å². The number of halogens is 2. The first-order chi connectivity index (χ1) is 9.78. The number of rotatable bonds is 7. The van der Waals surface area contributed by atoms with E-state index in [1.165, 1.54) is 16.9 Å². The van der Waals surface area contributed by atoms with Crippen LogP contribution in [-0.4, -0.2) is 11.1 Å². The third-order valence-electron chi connectivity index (χ3n) is 3.19. The van der Waals surface area contributed by atoms with Crippen molar-refractivity contribution in [3.63, 3.8) is 0 Å². The summed E-state index contributed by atoms with van der Waals surface area (Å²) < 4.78 is 0. The van der Waals surface area contributed by atoms with Gasteiger partial charge >= 0.3 is 0 Å². The Morgan fingerprint density at radius 1 is 1.00 bits per heavy atom. The Morgan fingerprint density at radius 3 is 2.35 bits per heavy atom. The zero-order valence-electron chi connectivity index (χ0n) is 11.3. The Hall–Kier alpha value is -0.440. The van der Waals surface area contributed by atoms with Gasteiger partial charge in [0.15, 0.2) is 0 Å². The van der Waals surface area contributed by atoms with E-state index in [0.29, 0.717) is 5.92 Å². The summed E-state index contributed by atoms with van der Waals surface area (Å²) in [6.45, 7) is 0. The summed E-state index contributed by atoms with van der Waals surface area (Å²) in [7, 11) is 0. The van der Waals surface area contributed by atoms with Gasteiger partial charge in [-0.2, -0.15) is 0 Å². The molecular weight excluding hydrogens is 352 g/mol. The van der Waals surface area contributed by atoms with E-state index in [0.717, 1.165) is 22.5 Å². The molecule has 3 heteroatoms. The Kier molecular flexibility index (Phi) is 6.98. The summed E-state index contributed by atoms with van der Waals surface area (Å²) in [6, 6.07) is 18.8. The molecule has 2 rings (SSSR count). The average Bonchev–Trinajstić information content (AvgIpc) is 2.49. The second-order valence-electron chi connectivity index (χ2n) is 4.80. The third kappa shape index (κ3) is 5.51. The molecule has 0 N–H and O–H groups in total. The van der Waals surface area contributed by atoms with Gasteiger partial charge < -0.3 is 0 Å². The Balaban J connectivity index is 1.79. The number of benzene rings is 2. The molecule has 0 bridgehead atoms. The van der Waals surface area contributed by atoms with E-state index in [1.807, 2.05) is 23.9 Å². The van der Waals surface area contributed by atoms with E-state index in [2.05, 4.69) is 58.4 Å². The van der Waals surface area contributed by atoms with Gasteiger partial charge in [0.2, 0.25) is 0 Å². The second-order valence-corrected chi connectivity index (χ2v) is 7.05. The molecule has 1 unspecified atom stereocenters. The van der Waals surface area contributed by atoms with E-state index in [-0.39, 0.29) is 0 Å². The van der Waals surface area contributed by atoms with Crippen molar-refractivity contribution in [1.82, 2.24) is 0 Å². The molecule has 2 aromatic rings. The van der Waals surface area contributed by atoms with Crippen LogP contribution in [0.2, 0.25) is 5.02 Å². The first-order valence-corrected chi connectivity index (χ1v) is 9.24. The first-order valence-electron chi connectivity index (χ1n) is 6.76. The molecule has 106 valence electrons. The molecule has 0 saturated heterocycles. The summed E-state index contributed by atoms with van der Waals surface area (Å²) in [4.78, 5) is 1.35. The standard InChI is InChI=1S/C17H18BrClS/c18-13-15(12-14-6-8-16(19)9-7-14)10-11-20-17-4-2-1-3-5-17/h1-9,15H,10-13H2. The fraction of sp³-hybridized carbons (Fsp3) is 0.294. The van der Waals surface area contributed by atoms with Crippen LogP contribution >= 0.6 is 39.3 Å². The minimum atomic E-state index is 0.674. The van der Waals surface area contributed by atoms with Crippen LogP contribution in [0.25, 0.3) is 0 Å². The predicted octanol–water partition coefficient (Wildman–Crippen LogP) is 6.08. The first kappa shape index (κ1) is 15.9. The highest BCUT2D eigenvalue weighted by atomic mass is 79.9. The number of hydrogen-bond donors (Lipinski definition) is 0. The van der Waals surface area contributed by atoms with Crippen molar-refractivity contribution < 1.29 is 0 Å². The van der Waals surface area contributed by atoms with Gasteiger partial charge in [0.05, 0.1) is 0 Å². The molecular formula is C17H18BrClS. The highest BCUT2D eigenvalue weighted by Gasteiger charge is 2.08. The molecule has 1 atom stereocenters. The number of thioether (sulfide) groups is 1. The average molecular weight is 370 g/mol. The molecule has 0 radical (unpaired) electrons. The van der Waals surface area contributed by atoms with Crippen LogP contribution in [0.1, 0.15) is 12.0 Å². The maximum absolute atomic E-state index is 5.92. The summed E-state index contributed by atoms with van der Waals surface area (Å²) in [5.41, 5.74) is 1.36. The Morgan fingerprint density at radius 2 is 1.70 bits per heavy atom. The quantitative estimate of drug-likeness (QED) is 0.421. The lowest BCUT2D eigenvalue weighted by molar-refractivity contribution is 0.579. The van der Waals surface area contributed by atoms with Gasteiger partial charge in [-0.15, -0.1) is 11.8 Å². The topological polar surface area (TPSA) is 0 Å². The van der Waals surface area contributed by atoms with Crippen LogP contribution in [0.15, 0.2) is 59.5 Å². The molecule has 0 aliphatic carbocycles. The van der Waals surface area contributed by atoms with Gasteiger partial charge in [0.25, 0.3) is 0 Å². The SMILES string of the molecule is Clc1ccc(CC(CBr)CCSc2ccccc2)cc1. The van der Waals surface area contributed by atoms with Gasteiger partial charge in [0.1, 0.15) is 0 Å². The normalized spacial score (nSPS) is 12.3. The molecule has 0 amide bonds. The van der Waals surface area contributed by atoms with Crippen LogP contribution in [0, 0.1) is 5.92 Å². The zero-order chi connectivity index (χ0) is 14.2. The molecule has 0 saturated carbocycles. The monoisotopic (exact) mass is 368 g/mol. The number of hydrogen-bond acceptors (Lipinski definition) is 1. The molecule has 0 nitrogen and oxygen atoms in total. The lowest BCUT2D eigenvalue weighted by atomic mass is 9.99.